The first-order chi connectivity index (χ1) is 7.92. The zero-order valence-corrected chi connectivity index (χ0v) is 9.74. The van der Waals surface area contributed by atoms with E-state index in [4.69, 9.17) is 0 Å². The fraction of sp³-hybridized carbons (Fsp3) is 0.250. The number of hydrogen-bond donors (Lipinski definition) is 0. The molecule has 0 heteroatoms. The van der Waals surface area contributed by atoms with Gasteiger partial charge in [-0.05, 0) is 41.7 Å². The third-order valence-corrected chi connectivity index (χ3v) is 2.84. The van der Waals surface area contributed by atoms with E-state index in [-0.39, 0.29) is 0 Å². The van der Waals surface area contributed by atoms with Gasteiger partial charge in [-0.3, -0.25) is 0 Å². The molecule has 0 nitrogen and oxygen atoms in total. The highest BCUT2D eigenvalue weighted by Gasteiger charge is 2.02. The van der Waals surface area contributed by atoms with Gasteiger partial charge in [0.1, 0.15) is 0 Å². The lowest BCUT2D eigenvalue weighted by atomic mass is 9.96. The first-order valence-corrected chi connectivity index (χ1v) is 5.96. The van der Waals surface area contributed by atoms with Gasteiger partial charge in [0, 0.05) is 0 Å². The van der Waals surface area contributed by atoms with Crippen molar-refractivity contribution in [1.29, 1.82) is 0 Å². The van der Waals surface area contributed by atoms with E-state index in [2.05, 4.69) is 55.5 Å². The van der Waals surface area contributed by atoms with E-state index in [0.29, 0.717) is 0 Å². The SMILES string of the molecule is CCCCc1cc[c]cc1-c1ccccc1. The minimum Gasteiger partial charge on any atom is -0.0654 e. The van der Waals surface area contributed by atoms with Gasteiger partial charge in [-0.2, -0.15) is 0 Å². The van der Waals surface area contributed by atoms with Crippen LogP contribution in [0.3, 0.4) is 0 Å². The summed E-state index contributed by atoms with van der Waals surface area (Å²) in [5.41, 5.74) is 4.06. The third kappa shape index (κ3) is 2.52. The molecule has 0 N–H and O–H groups in total. The molecule has 2 rings (SSSR count). The second kappa shape index (κ2) is 5.50. The summed E-state index contributed by atoms with van der Waals surface area (Å²) in [4.78, 5) is 0. The average molecular weight is 209 g/mol. The van der Waals surface area contributed by atoms with Crippen molar-refractivity contribution in [3.05, 3.63) is 60.2 Å². The molecule has 0 atom stereocenters. The van der Waals surface area contributed by atoms with Gasteiger partial charge in [-0.1, -0.05) is 55.8 Å². The van der Waals surface area contributed by atoms with Gasteiger partial charge in [0.05, 0.1) is 0 Å². The van der Waals surface area contributed by atoms with Crippen molar-refractivity contribution in [2.45, 2.75) is 26.2 Å². The van der Waals surface area contributed by atoms with E-state index in [9.17, 15) is 0 Å². The Balaban J connectivity index is 2.33. The Kier molecular flexibility index (Phi) is 3.76. The third-order valence-electron chi connectivity index (χ3n) is 2.84. The molecule has 0 amide bonds. The summed E-state index contributed by atoms with van der Waals surface area (Å²) in [6, 6.07) is 20.0. The fourth-order valence-electron chi connectivity index (χ4n) is 1.93. The largest absolute Gasteiger partial charge is 0.0654 e. The Labute approximate surface area is 97.9 Å². The second-order valence-electron chi connectivity index (χ2n) is 4.05. The van der Waals surface area contributed by atoms with Gasteiger partial charge in [-0.15, -0.1) is 0 Å². The van der Waals surface area contributed by atoms with Crippen molar-refractivity contribution in [2.24, 2.45) is 0 Å². The van der Waals surface area contributed by atoms with Crippen molar-refractivity contribution in [3.8, 4) is 11.1 Å². The smallest absolute Gasteiger partial charge is 0.0146 e. The zero-order valence-electron chi connectivity index (χ0n) is 9.74. The van der Waals surface area contributed by atoms with Gasteiger partial charge in [0.15, 0.2) is 0 Å². The van der Waals surface area contributed by atoms with Crippen LogP contribution in [0.4, 0.5) is 0 Å². The van der Waals surface area contributed by atoms with Crippen LogP contribution in [-0.4, -0.2) is 0 Å². The maximum Gasteiger partial charge on any atom is -0.0146 e. The lowest BCUT2D eigenvalue weighted by Crippen LogP contribution is -1.89. The van der Waals surface area contributed by atoms with Crippen molar-refractivity contribution < 1.29 is 0 Å². The lowest BCUT2D eigenvalue weighted by Gasteiger charge is -2.08. The minimum absolute atomic E-state index is 1.16. The van der Waals surface area contributed by atoms with Crippen LogP contribution < -0.4 is 0 Å². The molecule has 0 spiro atoms. The molecule has 0 unspecified atom stereocenters. The van der Waals surface area contributed by atoms with E-state index < -0.39 is 0 Å². The summed E-state index contributed by atoms with van der Waals surface area (Å²) in [5.74, 6) is 0. The molecular weight excluding hydrogens is 192 g/mol. The monoisotopic (exact) mass is 209 g/mol. The van der Waals surface area contributed by atoms with Crippen LogP contribution in [0.25, 0.3) is 11.1 Å². The number of aryl methyl sites for hydroxylation is 1. The van der Waals surface area contributed by atoms with Crippen LogP contribution in [0, 0.1) is 6.07 Å². The Morgan fingerprint density at radius 3 is 2.62 bits per heavy atom. The molecule has 81 valence electrons. The van der Waals surface area contributed by atoms with E-state index in [1.54, 1.807) is 0 Å². The molecule has 0 heterocycles. The molecule has 2 aromatic carbocycles. The molecule has 0 aliphatic heterocycles. The number of hydrogen-bond acceptors (Lipinski definition) is 0. The molecular formula is C16H17. The summed E-state index contributed by atoms with van der Waals surface area (Å²) < 4.78 is 0. The van der Waals surface area contributed by atoms with Crippen molar-refractivity contribution >= 4 is 0 Å². The highest BCUT2D eigenvalue weighted by atomic mass is 14.1. The molecule has 1 radical (unpaired) electrons. The summed E-state index contributed by atoms with van der Waals surface area (Å²) in [6.45, 7) is 2.23. The maximum absolute atomic E-state index is 3.18. The van der Waals surface area contributed by atoms with E-state index in [1.165, 1.54) is 29.5 Å². The maximum atomic E-state index is 3.18. The summed E-state index contributed by atoms with van der Waals surface area (Å²) in [7, 11) is 0. The molecule has 0 aromatic heterocycles. The van der Waals surface area contributed by atoms with Crippen LogP contribution in [0.2, 0.25) is 0 Å². The summed E-state index contributed by atoms with van der Waals surface area (Å²) >= 11 is 0. The fourth-order valence-corrected chi connectivity index (χ4v) is 1.93. The van der Waals surface area contributed by atoms with Crippen molar-refractivity contribution in [2.75, 3.05) is 0 Å². The first kappa shape index (κ1) is 10.9. The molecule has 0 aliphatic rings. The Bertz CT molecular complexity index is 429. The molecule has 0 bridgehead atoms. The van der Waals surface area contributed by atoms with Gasteiger partial charge in [0.25, 0.3) is 0 Å². The highest BCUT2D eigenvalue weighted by Crippen LogP contribution is 2.24. The second-order valence-corrected chi connectivity index (χ2v) is 4.05. The van der Waals surface area contributed by atoms with Crippen LogP contribution in [0.5, 0.6) is 0 Å². The topological polar surface area (TPSA) is 0 Å². The standard InChI is InChI=1S/C16H17/c1-2-3-9-14-12-7-8-13-16(14)15-10-5-4-6-11-15/h4-7,10-13H,2-3,9H2,1H3. The van der Waals surface area contributed by atoms with Crippen molar-refractivity contribution in [3.63, 3.8) is 0 Å². The molecule has 16 heavy (non-hydrogen) atoms. The van der Waals surface area contributed by atoms with Crippen LogP contribution in [-0.2, 0) is 6.42 Å². The molecule has 0 aliphatic carbocycles. The van der Waals surface area contributed by atoms with Crippen molar-refractivity contribution in [1.82, 2.24) is 0 Å². The minimum atomic E-state index is 1.16. The molecule has 0 fully saturated rings. The molecule has 0 saturated heterocycles. The van der Waals surface area contributed by atoms with Gasteiger partial charge in [-0.25, -0.2) is 0 Å². The number of benzene rings is 2. The van der Waals surface area contributed by atoms with Crippen LogP contribution in [0.1, 0.15) is 25.3 Å². The highest BCUT2D eigenvalue weighted by molar-refractivity contribution is 5.66. The normalized spacial score (nSPS) is 10.3. The van der Waals surface area contributed by atoms with E-state index in [1.807, 2.05) is 6.07 Å². The molecule has 2 aromatic rings. The number of rotatable bonds is 4. The quantitative estimate of drug-likeness (QED) is 0.695. The Morgan fingerprint density at radius 1 is 1.06 bits per heavy atom. The first-order valence-electron chi connectivity index (χ1n) is 5.96. The Hall–Kier alpha value is -1.56. The molecule has 0 saturated carbocycles. The summed E-state index contributed by atoms with van der Waals surface area (Å²) in [6.07, 6.45) is 3.66. The zero-order chi connectivity index (χ0) is 11.2. The lowest BCUT2D eigenvalue weighted by molar-refractivity contribution is 0.796. The summed E-state index contributed by atoms with van der Waals surface area (Å²) in [5, 5.41) is 0. The van der Waals surface area contributed by atoms with Crippen LogP contribution >= 0.6 is 0 Å². The predicted octanol–water partition coefficient (Wildman–Crippen LogP) is 4.50. The number of unbranched alkanes of at least 4 members (excludes halogenated alkanes) is 1. The predicted molar refractivity (Wildman–Crippen MR) is 69.3 cm³/mol. The average Bonchev–Trinajstić information content (AvgIpc) is 2.38. The van der Waals surface area contributed by atoms with Crippen LogP contribution in [0.15, 0.2) is 48.5 Å². The van der Waals surface area contributed by atoms with Gasteiger partial charge >= 0.3 is 0 Å². The van der Waals surface area contributed by atoms with Gasteiger partial charge < -0.3 is 0 Å². The van der Waals surface area contributed by atoms with Gasteiger partial charge in [0.2, 0.25) is 0 Å². The van der Waals surface area contributed by atoms with E-state index in [0.717, 1.165) is 6.42 Å². The Morgan fingerprint density at radius 2 is 1.88 bits per heavy atom. The van der Waals surface area contributed by atoms with E-state index >= 15 is 0 Å².